The van der Waals surface area contributed by atoms with Crippen LogP contribution >= 0.6 is 11.8 Å². The summed E-state index contributed by atoms with van der Waals surface area (Å²) in [7, 11) is 0. The molecule has 0 saturated carbocycles. The number of thioether (sulfide) groups is 1. The summed E-state index contributed by atoms with van der Waals surface area (Å²) in [4.78, 5) is 23.1. The van der Waals surface area contributed by atoms with Crippen LogP contribution in [0.1, 0.15) is 24.7 Å². The molecule has 5 nitrogen and oxygen atoms in total. The lowest BCUT2D eigenvalue weighted by Crippen LogP contribution is -2.22. The van der Waals surface area contributed by atoms with Crippen LogP contribution in [-0.4, -0.2) is 41.0 Å². The molecule has 0 bridgehead atoms. The van der Waals surface area contributed by atoms with Gasteiger partial charge in [0.15, 0.2) is 0 Å². The molecule has 1 aromatic carbocycles. The number of nitroso groups, excluding NO2 is 1. The van der Waals surface area contributed by atoms with E-state index in [1.165, 1.54) is 23.9 Å². The minimum absolute atomic E-state index is 0.00343. The molecule has 2 unspecified atom stereocenters. The average molecular weight is 316 g/mol. The van der Waals surface area contributed by atoms with E-state index in [2.05, 4.69) is 0 Å². The van der Waals surface area contributed by atoms with Crippen LogP contribution in [0.3, 0.4) is 0 Å². The van der Waals surface area contributed by atoms with Crippen molar-refractivity contribution in [1.29, 1.82) is 0 Å². The number of rotatable bonds is 8. The number of ether oxygens (including phenoxy) is 1. The maximum Gasteiger partial charge on any atom is 0.318 e. The molecule has 2 atom stereocenters. The Morgan fingerprint density at radius 3 is 2.57 bits per heavy atom. The van der Waals surface area contributed by atoms with Crippen LogP contribution < -0.4 is 0 Å². The summed E-state index contributed by atoms with van der Waals surface area (Å²) >= 11 is 1.25. The highest BCUT2D eigenvalue weighted by atomic mass is 32.2. The first-order valence-corrected chi connectivity index (χ1v) is 7.52. The first-order chi connectivity index (χ1) is 9.97. The fraction of sp³-hybridized carbons (Fsp3) is 0.500. The van der Waals surface area contributed by atoms with Gasteiger partial charge in [0.2, 0.25) is 6.54 Å². The molecule has 0 amide bonds. The minimum atomic E-state index is -0.633. The number of esters is 1. The molecule has 1 N–H and O–H groups in total. The number of aliphatic hydroxyl groups excluding tert-OH is 1. The van der Waals surface area contributed by atoms with E-state index in [9.17, 15) is 14.1 Å². The molecule has 0 radical (unpaired) electrons. The van der Waals surface area contributed by atoms with Crippen LogP contribution in [0.2, 0.25) is 0 Å². The fourth-order valence-electron chi connectivity index (χ4n) is 1.71. The van der Waals surface area contributed by atoms with Crippen LogP contribution in [0.15, 0.2) is 24.3 Å². The van der Waals surface area contributed by atoms with Gasteiger partial charge in [0.05, 0.1) is 11.9 Å². The van der Waals surface area contributed by atoms with Gasteiger partial charge in [-0.3, -0.25) is 4.79 Å². The zero-order chi connectivity index (χ0) is 15.8. The summed E-state index contributed by atoms with van der Waals surface area (Å²) in [6, 6.07) is 5.73. The summed E-state index contributed by atoms with van der Waals surface area (Å²) in [5.74, 6) is -0.738. The molecule has 0 spiro atoms. The molecule has 0 fully saturated rings. The van der Waals surface area contributed by atoms with Crippen molar-refractivity contribution >= 4 is 17.7 Å². The lowest BCUT2D eigenvalue weighted by molar-refractivity contribution is -0.583. The van der Waals surface area contributed by atoms with Crippen molar-refractivity contribution in [3.05, 3.63) is 40.6 Å². The second-order valence-corrected chi connectivity index (χ2v) is 5.92. The number of carbonyl (C=O) groups is 1. The van der Waals surface area contributed by atoms with E-state index in [0.29, 0.717) is 10.3 Å². The summed E-state index contributed by atoms with van der Waals surface area (Å²) in [5.41, 5.74) is 0.715. The number of nitrogens with zero attached hydrogens (tertiary/aromatic N) is 1. The highest BCUT2D eigenvalue weighted by Crippen LogP contribution is 2.33. The molecule has 0 aliphatic rings. The Morgan fingerprint density at radius 2 is 2.05 bits per heavy atom. The molecule has 0 saturated heterocycles. The predicted octanol–water partition coefficient (Wildman–Crippen LogP) is 2.28. The third-order valence-corrected chi connectivity index (χ3v) is 4.11. The first-order valence-electron chi connectivity index (χ1n) is 6.58. The maximum absolute atomic E-state index is 13.0. The molecular formula is C14H19FNO4S+. The predicted molar refractivity (Wildman–Crippen MR) is 78.4 cm³/mol. The zero-order valence-corrected chi connectivity index (χ0v) is 12.8. The number of halogens is 1. The molecule has 1 rings (SSSR count). The Kier molecular flexibility index (Phi) is 7.31. The maximum atomic E-state index is 13.0. The van der Waals surface area contributed by atoms with Crippen LogP contribution in [0.4, 0.5) is 4.39 Å². The summed E-state index contributed by atoms with van der Waals surface area (Å²) in [6.45, 7) is 3.06. The monoisotopic (exact) mass is 316 g/mol. The normalized spacial score (nSPS) is 13.5. The largest absolute Gasteiger partial charge is 0.465 e. The zero-order valence-electron chi connectivity index (χ0n) is 12.0. The quantitative estimate of drug-likeness (QED) is 0.453. The molecule has 0 aliphatic heterocycles. The SMILES string of the molecule is CCOC(=O)C(C)SC(C[N+](=O)CO)c1ccc(F)cc1. The Morgan fingerprint density at radius 1 is 1.43 bits per heavy atom. The molecule has 0 aliphatic carbocycles. The van der Waals surface area contributed by atoms with Gasteiger partial charge in [-0.2, -0.15) is 0 Å². The van der Waals surface area contributed by atoms with E-state index in [-0.39, 0.29) is 30.2 Å². The number of aliphatic hydroxyl groups is 1. The second-order valence-electron chi connectivity index (χ2n) is 4.38. The fourth-order valence-corrected chi connectivity index (χ4v) is 2.95. The summed E-state index contributed by atoms with van der Waals surface area (Å²) in [6.07, 6.45) is 0. The van der Waals surface area contributed by atoms with Crippen molar-refractivity contribution in [3.8, 4) is 0 Å². The van der Waals surface area contributed by atoms with Crippen molar-refractivity contribution in [2.45, 2.75) is 24.3 Å². The lowest BCUT2D eigenvalue weighted by atomic mass is 10.1. The van der Waals surface area contributed by atoms with Gasteiger partial charge in [0, 0.05) is 9.67 Å². The Bertz CT molecular complexity index is 480. The van der Waals surface area contributed by atoms with Gasteiger partial charge in [-0.25, -0.2) is 4.39 Å². The number of hydrogen-bond acceptors (Lipinski definition) is 5. The van der Waals surface area contributed by atoms with Gasteiger partial charge in [-0.05, 0) is 31.5 Å². The molecular weight excluding hydrogens is 297 g/mol. The van der Waals surface area contributed by atoms with Gasteiger partial charge >= 0.3 is 5.97 Å². The van der Waals surface area contributed by atoms with Gasteiger partial charge in [-0.1, -0.05) is 12.1 Å². The van der Waals surface area contributed by atoms with Crippen LogP contribution in [0, 0.1) is 10.7 Å². The van der Waals surface area contributed by atoms with Crippen molar-refractivity contribution in [1.82, 2.24) is 0 Å². The van der Waals surface area contributed by atoms with Gasteiger partial charge in [0.25, 0.3) is 6.73 Å². The third-order valence-electron chi connectivity index (χ3n) is 2.76. The molecule has 0 aromatic heterocycles. The molecule has 7 heteroatoms. The highest BCUT2D eigenvalue weighted by molar-refractivity contribution is 8.00. The van der Waals surface area contributed by atoms with Gasteiger partial charge in [-0.15, -0.1) is 11.8 Å². The van der Waals surface area contributed by atoms with Gasteiger partial charge in [0.1, 0.15) is 11.1 Å². The Balaban J connectivity index is 2.84. The Hall–Kier alpha value is -1.47. The van der Waals surface area contributed by atoms with E-state index >= 15 is 0 Å². The van der Waals surface area contributed by atoms with E-state index in [4.69, 9.17) is 9.84 Å². The summed E-state index contributed by atoms with van der Waals surface area (Å²) < 4.78 is 18.4. The van der Waals surface area contributed by atoms with E-state index < -0.39 is 12.0 Å². The van der Waals surface area contributed by atoms with Crippen molar-refractivity contribution in [2.75, 3.05) is 19.9 Å². The van der Waals surface area contributed by atoms with Crippen molar-refractivity contribution in [2.24, 2.45) is 0 Å². The number of hydrogen-bond donors (Lipinski definition) is 1. The molecule has 21 heavy (non-hydrogen) atoms. The minimum Gasteiger partial charge on any atom is -0.465 e. The highest BCUT2D eigenvalue weighted by Gasteiger charge is 2.26. The standard InChI is InChI=1S/C14H19FNO4S/c1-3-20-14(18)10(2)21-13(8-16(19)9-17)11-4-6-12(15)7-5-11/h4-7,10,13,17H,3,8-9H2,1-2H3/q+1. The average Bonchev–Trinajstić information content (AvgIpc) is 2.47. The smallest absolute Gasteiger partial charge is 0.318 e. The van der Waals surface area contributed by atoms with Gasteiger partial charge < -0.3 is 9.84 Å². The third kappa shape index (κ3) is 5.81. The molecule has 116 valence electrons. The Labute approximate surface area is 127 Å². The summed E-state index contributed by atoms with van der Waals surface area (Å²) in [5, 5.41) is 8.02. The number of benzene rings is 1. The van der Waals surface area contributed by atoms with Crippen molar-refractivity contribution < 1.29 is 23.8 Å². The lowest BCUT2D eigenvalue weighted by Gasteiger charge is -2.17. The van der Waals surface area contributed by atoms with Crippen LogP contribution in [-0.2, 0) is 9.53 Å². The van der Waals surface area contributed by atoms with Crippen LogP contribution in [0.25, 0.3) is 0 Å². The first kappa shape index (κ1) is 17.6. The van der Waals surface area contributed by atoms with Crippen LogP contribution in [0.5, 0.6) is 0 Å². The van der Waals surface area contributed by atoms with E-state index in [1.54, 1.807) is 26.0 Å². The molecule has 1 aromatic rings. The number of carbonyl (C=O) groups excluding carboxylic acids is 1. The van der Waals surface area contributed by atoms with Crippen molar-refractivity contribution in [3.63, 3.8) is 0 Å². The van der Waals surface area contributed by atoms with E-state index in [1.807, 2.05) is 0 Å². The van der Waals surface area contributed by atoms with E-state index in [0.717, 1.165) is 0 Å². The molecule has 0 heterocycles. The topological polar surface area (TPSA) is 66.6 Å². The second kappa shape index (κ2) is 8.74.